The molecule has 2 heterocycles. The van der Waals surface area contributed by atoms with Gasteiger partial charge in [-0.1, -0.05) is 41.6 Å². The van der Waals surface area contributed by atoms with E-state index in [1.165, 1.54) is 16.6 Å². The van der Waals surface area contributed by atoms with Crippen LogP contribution in [0, 0.1) is 18.3 Å². The lowest BCUT2D eigenvalue weighted by Gasteiger charge is -2.16. The number of benzene rings is 2. The maximum atomic E-state index is 13.9. The Labute approximate surface area is 215 Å². The van der Waals surface area contributed by atoms with Gasteiger partial charge in [-0.05, 0) is 68.0 Å². The number of para-hydroxylation sites is 1. The average molecular weight is 521 g/mol. The van der Waals surface area contributed by atoms with E-state index in [0.717, 1.165) is 41.6 Å². The number of fused-ring (bicyclic) bond motifs is 3. The number of nitriles is 1. The van der Waals surface area contributed by atoms with Crippen LogP contribution in [0.15, 0.2) is 52.4 Å². The zero-order valence-electron chi connectivity index (χ0n) is 18.9. The highest BCUT2D eigenvalue weighted by molar-refractivity contribution is 7.99. The lowest BCUT2D eigenvalue weighted by Crippen LogP contribution is -2.24. The second-order valence-electron chi connectivity index (χ2n) is 8.30. The quantitative estimate of drug-likeness (QED) is 0.262. The highest BCUT2D eigenvalue weighted by Gasteiger charge is 2.24. The second-order valence-corrected chi connectivity index (χ2v) is 10.7. The Morgan fingerprint density at radius 3 is 2.86 bits per heavy atom. The zero-order valence-corrected chi connectivity index (χ0v) is 21.3. The summed E-state index contributed by atoms with van der Waals surface area (Å²) in [7, 11) is 0. The van der Waals surface area contributed by atoms with Crippen molar-refractivity contribution in [1.82, 2.24) is 9.55 Å². The van der Waals surface area contributed by atoms with Gasteiger partial charge >= 0.3 is 0 Å². The van der Waals surface area contributed by atoms with E-state index < -0.39 is 0 Å². The Hall–Kier alpha value is -3.12. The first-order valence-corrected chi connectivity index (χ1v) is 13.4. The monoisotopic (exact) mass is 520 g/mol. The number of thiophene rings is 1. The Bertz CT molecular complexity index is 1570. The third-order valence-electron chi connectivity index (χ3n) is 6.09. The molecule has 1 aliphatic carbocycles. The molecule has 35 heavy (non-hydrogen) atoms. The van der Waals surface area contributed by atoms with Crippen LogP contribution < -0.4 is 10.9 Å². The molecule has 2 aromatic carbocycles. The van der Waals surface area contributed by atoms with Gasteiger partial charge in [-0.2, -0.15) is 5.26 Å². The minimum atomic E-state index is -0.285. The van der Waals surface area contributed by atoms with Crippen molar-refractivity contribution in [2.45, 2.75) is 37.8 Å². The summed E-state index contributed by atoms with van der Waals surface area (Å²) in [5, 5.41) is 13.8. The van der Waals surface area contributed by atoms with Gasteiger partial charge in [0, 0.05) is 9.90 Å². The van der Waals surface area contributed by atoms with Crippen LogP contribution in [0.25, 0.3) is 15.9 Å². The summed E-state index contributed by atoms with van der Waals surface area (Å²) in [5.74, 6) is -0.255. The summed E-state index contributed by atoms with van der Waals surface area (Å²) in [5.41, 5.74) is 3.27. The molecule has 0 bridgehead atoms. The first-order valence-electron chi connectivity index (χ1n) is 11.2. The van der Waals surface area contributed by atoms with E-state index in [0.29, 0.717) is 32.5 Å². The van der Waals surface area contributed by atoms with Crippen LogP contribution in [0.4, 0.5) is 5.69 Å². The van der Waals surface area contributed by atoms with E-state index in [4.69, 9.17) is 16.6 Å². The van der Waals surface area contributed by atoms with Crippen LogP contribution >= 0.6 is 34.7 Å². The number of anilines is 1. The van der Waals surface area contributed by atoms with Crippen LogP contribution in [-0.2, 0) is 17.6 Å². The molecule has 6 nitrogen and oxygen atoms in total. The number of thioether (sulfide) groups is 1. The predicted molar refractivity (Wildman–Crippen MR) is 142 cm³/mol. The highest BCUT2D eigenvalue weighted by Crippen LogP contribution is 2.36. The van der Waals surface area contributed by atoms with Crippen LogP contribution in [0.3, 0.4) is 0 Å². The lowest BCUT2D eigenvalue weighted by atomic mass is 9.97. The largest absolute Gasteiger partial charge is 0.324 e. The minimum Gasteiger partial charge on any atom is -0.324 e. The molecule has 0 unspecified atom stereocenters. The summed E-state index contributed by atoms with van der Waals surface area (Å²) in [6.07, 6.45) is 4.03. The van der Waals surface area contributed by atoms with Gasteiger partial charge in [0.1, 0.15) is 10.9 Å². The number of nitrogens with zero attached hydrogens (tertiary/aromatic N) is 3. The third kappa shape index (κ3) is 4.47. The summed E-state index contributed by atoms with van der Waals surface area (Å²) in [6, 6.07) is 14.4. The fourth-order valence-electron chi connectivity index (χ4n) is 4.34. The summed E-state index contributed by atoms with van der Waals surface area (Å²) in [6.45, 7) is 1.87. The van der Waals surface area contributed by atoms with Crippen molar-refractivity contribution in [2.75, 3.05) is 11.1 Å². The standard InChI is InChI=1S/C26H21ClN4O2S2/c1-15-18(27)9-6-11-20(15)31-25(33)23-17-8-3-5-12-21(17)35-24(23)30-26(31)34-14-22(32)29-19-10-4-2-7-16(19)13-28/h2,4,6-7,9-11H,3,5,8,12,14H2,1H3,(H,29,32). The average Bonchev–Trinajstić information content (AvgIpc) is 3.24. The number of aromatic nitrogens is 2. The molecule has 1 N–H and O–H groups in total. The van der Waals surface area contributed by atoms with Crippen LogP contribution in [-0.4, -0.2) is 21.2 Å². The Morgan fingerprint density at radius 2 is 2.03 bits per heavy atom. The number of halogens is 1. The number of amides is 1. The van der Waals surface area contributed by atoms with Crippen LogP contribution in [0.5, 0.6) is 0 Å². The van der Waals surface area contributed by atoms with Gasteiger partial charge in [0.15, 0.2) is 5.16 Å². The molecule has 1 amide bonds. The first-order chi connectivity index (χ1) is 17.0. The third-order valence-corrected chi connectivity index (χ3v) is 8.63. The van der Waals surface area contributed by atoms with Crippen molar-refractivity contribution in [3.8, 4) is 11.8 Å². The Balaban J connectivity index is 1.56. The highest BCUT2D eigenvalue weighted by atomic mass is 35.5. The molecule has 0 aliphatic heterocycles. The molecule has 1 aliphatic rings. The molecule has 4 aromatic rings. The van der Waals surface area contributed by atoms with E-state index in [2.05, 4.69) is 11.4 Å². The first kappa shape index (κ1) is 23.6. The maximum absolute atomic E-state index is 13.9. The summed E-state index contributed by atoms with van der Waals surface area (Å²) >= 11 is 9.17. The maximum Gasteiger partial charge on any atom is 0.267 e. The van der Waals surface area contributed by atoms with Crippen molar-refractivity contribution in [3.63, 3.8) is 0 Å². The number of aryl methyl sites for hydroxylation is 2. The molecule has 0 fully saturated rings. The van der Waals surface area contributed by atoms with E-state index in [1.54, 1.807) is 46.2 Å². The lowest BCUT2D eigenvalue weighted by molar-refractivity contribution is -0.113. The van der Waals surface area contributed by atoms with Gasteiger partial charge in [0.2, 0.25) is 5.91 Å². The molecule has 0 spiro atoms. The van der Waals surface area contributed by atoms with Crippen molar-refractivity contribution >= 4 is 56.5 Å². The second kappa shape index (κ2) is 9.86. The van der Waals surface area contributed by atoms with E-state index in [-0.39, 0.29) is 17.2 Å². The topological polar surface area (TPSA) is 87.8 Å². The SMILES string of the molecule is Cc1c(Cl)cccc1-n1c(SCC(=O)Nc2ccccc2C#N)nc2sc3c(c2c1=O)CCCC3. The van der Waals surface area contributed by atoms with Gasteiger partial charge in [-0.25, -0.2) is 4.98 Å². The Kier molecular flexibility index (Phi) is 6.65. The molecule has 2 aromatic heterocycles. The molecule has 0 saturated carbocycles. The zero-order chi connectivity index (χ0) is 24.5. The fraction of sp³-hybridized carbons (Fsp3) is 0.231. The number of rotatable bonds is 5. The van der Waals surface area contributed by atoms with Crippen molar-refractivity contribution in [3.05, 3.63) is 79.4 Å². The van der Waals surface area contributed by atoms with Crippen molar-refractivity contribution in [2.24, 2.45) is 0 Å². The molecule has 9 heteroatoms. The van der Waals surface area contributed by atoms with Crippen molar-refractivity contribution in [1.29, 1.82) is 5.26 Å². The summed E-state index contributed by atoms with van der Waals surface area (Å²) < 4.78 is 1.59. The Morgan fingerprint density at radius 1 is 1.23 bits per heavy atom. The number of hydrogen-bond donors (Lipinski definition) is 1. The van der Waals surface area contributed by atoms with E-state index in [1.807, 2.05) is 19.1 Å². The van der Waals surface area contributed by atoms with Gasteiger partial charge in [0.25, 0.3) is 5.56 Å². The van der Waals surface area contributed by atoms with Crippen LogP contribution in [0.2, 0.25) is 5.02 Å². The normalized spacial score (nSPS) is 12.8. The van der Waals surface area contributed by atoms with Gasteiger partial charge in [-0.3, -0.25) is 14.2 Å². The van der Waals surface area contributed by atoms with E-state index >= 15 is 0 Å². The molecular weight excluding hydrogens is 500 g/mol. The molecule has 0 radical (unpaired) electrons. The van der Waals surface area contributed by atoms with Gasteiger partial charge < -0.3 is 5.32 Å². The smallest absolute Gasteiger partial charge is 0.267 e. The minimum absolute atomic E-state index is 0.0302. The predicted octanol–water partition coefficient (Wildman–Crippen LogP) is 5.89. The number of hydrogen-bond acceptors (Lipinski definition) is 6. The van der Waals surface area contributed by atoms with Crippen LogP contribution in [0.1, 0.15) is 34.4 Å². The van der Waals surface area contributed by atoms with Crippen molar-refractivity contribution < 1.29 is 4.79 Å². The van der Waals surface area contributed by atoms with Gasteiger partial charge in [0.05, 0.1) is 28.1 Å². The van der Waals surface area contributed by atoms with Gasteiger partial charge in [-0.15, -0.1) is 11.3 Å². The molecular formula is C26H21ClN4O2S2. The number of nitrogens with one attached hydrogen (secondary N) is 1. The molecule has 176 valence electrons. The fourth-order valence-corrected chi connectivity index (χ4v) is 6.62. The molecule has 5 rings (SSSR count). The summed E-state index contributed by atoms with van der Waals surface area (Å²) in [4.78, 5) is 33.5. The number of carbonyl (C=O) groups excluding carboxylic acids is 1. The molecule has 0 saturated heterocycles. The number of carbonyl (C=O) groups is 1. The molecule has 0 atom stereocenters. The van der Waals surface area contributed by atoms with E-state index in [9.17, 15) is 14.9 Å².